The summed E-state index contributed by atoms with van der Waals surface area (Å²) in [7, 11) is 0. The third-order valence-electron chi connectivity index (χ3n) is 2.18. The van der Waals surface area contributed by atoms with Crippen molar-refractivity contribution in [2.75, 3.05) is 39.5 Å². The van der Waals surface area contributed by atoms with Gasteiger partial charge in [0.1, 0.15) is 0 Å². The van der Waals surface area contributed by atoms with E-state index in [1.165, 1.54) is 0 Å². The maximum Gasteiger partial charge on any atom is 0.0975 e. The van der Waals surface area contributed by atoms with Gasteiger partial charge in [0, 0.05) is 13.2 Å². The molecule has 16 heavy (non-hydrogen) atoms. The van der Waals surface area contributed by atoms with Crippen molar-refractivity contribution in [3.05, 3.63) is 0 Å². The average Bonchev–Trinajstić information content (AvgIpc) is 2.25. The fraction of sp³-hybridized carbons (Fsp3) is 1.00. The summed E-state index contributed by atoms with van der Waals surface area (Å²) in [4.78, 5) is 0. The molecule has 0 aliphatic carbocycles. The van der Waals surface area contributed by atoms with Gasteiger partial charge in [0.25, 0.3) is 0 Å². The molecular weight excluding hydrogens is 206 g/mol. The number of hydrogen-bond donors (Lipinski definition) is 2. The molecule has 1 atom stereocenters. The molecular formula is C12H27NO3. The third kappa shape index (κ3) is 10.4. The van der Waals surface area contributed by atoms with Crippen molar-refractivity contribution in [3.8, 4) is 0 Å². The number of ether oxygens (including phenoxy) is 2. The molecule has 4 nitrogen and oxygen atoms in total. The van der Waals surface area contributed by atoms with Gasteiger partial charge in [-0.15, -0.1) is 0 Å². The summed E-state index contributed by atoms with van der Waals surface area (Å²) in [5.41, 5.74) is -0.792. The van der Waals surface area contributed by atoms with Gasteiger partial charge >= 0.3 is 0 Å². The molecule has 98 valence electrons. The minimum absolute atomic E-state index is 0.344. The van der Waals surface area contributed by atoms with Crippen LogP contribution < -0.4 is 5.32 Å². The number of unbranched alkanes of at least 4 members (excludes halogenated alkanes) is 1. The van der Waals surface area contributed by atoms with E-state index in [0.29, 0.717) is 26.4 Å². The van der Waals surface area contributed by atoms with Crippen LogP contribution in [0.3, 0.4) is 0 Å². The van der Waals surface area contributed by atoms with E-state index in [9.17, 15) is 5.11 Å². The summed E-state index contributed by atoms with van der Waals surface area (Å²) in [5, 5.41) is 13.0. The minimum Gasteiger partial charge on any atom is -0.386 e. The Balaban J connectivity index is 3.29. The van der Waals surface area contributed by atoms with Crippen molar-refractivity contribution in [1.29, 1.82) is 0 Å². The number of rotatable bonds is 11. The second-order valence-corrected chi connectivity index (χ2v) is 4.30. The van der Waals surface area contributed by atoms with E-state index in [2.05, 4.69) is 12.2 Å². The standard InChI is InChI=1S/C12H27NO3/c1-4-6-7-15-8-9-16-11-12(3,14)10-13-5-2/h13-14H,4-11H2,1-3H3. The lowest BCUT2D eigenvalue weighted by molar-refractivity contribution is -0.0463. The van der Waals surface area contributed by atoms with E-state index in [1.54, 1.807) is 6.92 Å². The van der Waals surface area contributed by atoms with Crippen LogP contribution in [-0.2, 0) is 9.47 Å². The third-order valence-corrected chi connectivity index (χ3v) is 2.18. The van der Waals surface area contributed by atoms with Crippen LogP contribution in [-0.4, -0.2) is 50.2 Å². The first-order valence-corrected chi connectivity index (χ1v) is 6.21. The largest absolute Gasteiger partial charge is 0.386 e. The molecule has 0 radical (unpaired) electrons. The molecule has 0 aliphatic heterocycles. The van der Waals surface area contributed by atoms with Gasteiger partial charge in [0.05, 0.1) is 25.4 Å². The molecule has 4 heteroatoms. The molecule has 0 amide bonds. The number of hydrogen-bond acceptors (Lipinski definition) is 4. The predicted octanol–water partition coefficient (Wildman–Crippen LogP) is 1.18. The van der Waals surface area contributed by atoms with E-state index in [1.807, 2.05) is 6.92 Å². The number of nitrogens with one attached hydrogen (secondary N) is 1. The maximum atomic E-state index is 9.86. The Morgan fingerprint density at radius 2 is 1.81 bits per heavy atom. The lowest BCUT2D eigenvalue weighted by Gasteiger charge is -2.23. The van der Waals surface area contributed by atoms with Gasteiger partial charge in [-0.2, -0.15) is 0 Å². The first kappa shape index (κ1) is 15.8. The molecule has 2 N–H and O–H groups in total. The highest BCUT2D eigenvalue weighted by molar-refractivity contribution is 4.74. The smallest absolute Gasteiger partial charge is 0.0975 e. The van der Waals surface area contributed by atoms with Crippen LogP contribution in [0.5, 0.6) is 0 Å². The Kier molecular flexibility index (Phi) is 9.92. The van der Waals surface area contributed by atoms with Gasteiger partial charge in [-0.05, 0) is 19.9 Å². The van der Waals surface area contributed by atoms with Crippen LogP contribution in [0.1, 0.15) is 33.6 Å². The molecule has 0 spiro atoms. The second-order valence-electron chi connectivity index (χ2n) is 4.30. The first-order chi connectivity index (χ1) is 7.62. The van der Waals surface area contributed by atoms with Gasteiger partial charge in [-0.3, -0.25) is 0 Å². The van der Waals surface area contributed by atoms with Crippen molar-refractivity contribution in [3.63, 3.8) is 0 Å². The van der Waals surface area contributed by atoms with E-state index in [-0.39, 0.29) is 0 Å². The molecule has 0 heterocycles. The molecule has 1 unspecified atom stereocenters. The van der Waals surface area contributed by atoms with Gasteiger partial charge in [0.2, 0.25) is 0 Å². The van der Waals surface area contributed by atoms with Crippen LogP contribution in [0.4, 0.5) is 0 Å². The van der Waals surface area contributed by atoms with Crippen LogP contribution in [0.25, 0.3) is 0 Å². The summed E-state index contributed by atoms with van der Waals surface area (Å²) in [5.74, 6) is 0. The predicted molar refractivity (Wildman–Crippen MR) is 65.7 cm³/mol. The lowest BCUT2D eigenvalue weighted by atomic mass is 10.1. The zero-order chi connectivity index (χ0) is 12.3. The van der Waals surface area contributed by atoms with Gasteiger partial charge < -0.3 is 19.9 Å². The molecule has 0 saturated carbocycles. The first-order valence-electron chi connectivity index (χ1n) is 6.21. The van der Waals surface area contributed by atoms with Crippen LogP contribution in [0.15, 0.2) is 0 Å². The molecule has 0 bridgehead atoms. The maximum absolute atomic E-state index is 9.86. The molecule has 0 fully saturated rings. The van der Waals surface area contributed by atoms with Crippen molar-refractivity contribution < 1.29 is 14.6 Å². The van der Waals surface area contributed by atoms with Crippen LogP contribution >= 0.6 is 0 Å². The number of likely N-dealkylation sites (N-methyl/N-ethyl adjacent to an activating group) is 1. The second kappa shape index (κ2) is 10.0. The minimum atomic E-state index is -0.792. The zero-order valence-corrected chi connectivity index (χ0v) is 10.9. The number of aliphatic hydroxyl groups is 1. The van der Waals surface area contributed by atoms with Crippen molar-refractivity contribution in [1.82, 2.24) is 5.32 Å². The fourth-order valence-electron chi connectivity index (χ4n) is 1.20. The van der Waals surface area contributed by atoms with E-state index >= 15 is 0 Å². The molecule has 0 aromatic heterocycles. The summed E-state index contributed by atoms with van der Waals surface area (Å²) >= 11 is 0. The van der Waals surface area contributed by atoms with Crippen LogP contribution in [0.2, 0.25) is 0 Å². The highest BCUT2D eigenvalue weighted by Gasteiger charge is 2.19. The molecule has 0 rings (SSSR count). The van der Waals surface area contributed by atoms with Crippen molar-refractivity contribution in [2.24, 2.45) is 0 Å². The Bertz CT molecular complexity index is 151. The SMILES string of the molecule is CCCCOCCOCC(C)(O)CNCC. The van der Waals surface area contributed by atoms with Gasteiger partial charge in [-0.1, -0.05) is 20.3 Å². The average molecular weight is 233 g/mol. The van der Waals surface area contributed by atoms with E-state index in [4.69, 9.17) is 9.47 Å². The van der Waals surface area contributed by atoms with Crippen LogP contribution in [0, 0.1) is 0 Å². The van der Waals surface area contributed by atoms with Crippen molar-refractivity contribution in [2.45, 2.75) is 39.2 Å². The monoisotopic (exact) mass is 233 g/mol. The van der Waals surface area contributed by atoms with E-state index in [0.717, 1.165) is 26.0 Å². The summed E-state index contributed by atoms with van der Waals surface area (Å²) in [6.45, 7) is 9.63. The van der Waals surface area contributed by atoms with Gasteiger partial charge in [-0.25, -0.2) is 0 Å². The zero-order valence-electron chi connectivity index (χ0n) is 10.9. The summed E-state index contributed by atoms with van der Waals surface area (Å²) < 4.78 is 10.7. The van der Waals surface area contributed by atoms with Crippen molar-refractivity contribution >= 4 is 0 Å². The Labute approximate surface area is 99.3 Å². The molecule has 0 aromatic rings. The summed E-state index contributed by atoms with van der Waals surface area (Å²) in [6.07, 6.45) is 2.25. The highest BCUT2D eigenvalue weighted by atomic mass is 16.5. The Hall–Kier alpha value is -0.160. The summed E-state index contributed by atoms with van der Waals surface area (Å²) in [6, 6.07) is 0. The Morgan fingerprint density at radius 1 is 1.12 bits per heavy atom. The molecule has 0 saturated heterocycles. The lowest BCUT2D eigenvalue weighted by Crippen LogP contribution is -2.42. The molecule has 0 aliphatic rings. The molecule has 0 aromatic carbocycles. The van der Waals surface area contributed by atoms with E-state index < -0.39 is 5.60 Å². The quantitative estimate of drug-likeness (QED) is 0.526. The van der Waals surface area contributed by atoms with Gasteiger partial charge in [0.15, 0.2) is 0 Å². The highest BCUT2D eigenvalue weighted by Crippen LogP contribution is 2.01. The Morgan fingerprint density at radius 3 is 2.44 bits per heavy atom. The fourth-order valence-corrected chi connectivity index (χ4v) is 1.20. The normalized spacial score (nSPS) is 15.0. The topological polar surface area (TPSA) is 50.7 Å².